The van der Waals surface area contributed by atoms with Crippen molar-refractivity contribution < 1.29 is 19.5 Å². The van der Waals surface area contributed by atoms with Gasteiger partial charge in [-0.15, -0.1) is 5.48 Å². The number of hydrogen-bond acceptors (Lipinski definition) is 6. The molecule has 2 rings (SSSR count). The Morgan fingerprint density at radius 2 is 2.24 bits per heavy atom. The molecule has 17 heavy (non-hydrogen) atoms. The van der Waals surface area contributed by atoms with Crippen molar-refractivity contribution in [2.24, 2.45) is 5.92 Å². The zero-order chi connectivity index (χ0) is 12.5. The monoisotopic (exact) mass is 239 g/mol. The number of hydroxylamine groups is 1. The lowest BCUT2D eigenvalue weighted by Crippen LogP contribution is -2.50. The van der Waals surface area contributed by atoms with Gasteiger partial charge in [0.2, 0.25) is 5.91 Å². The number of aliphatic hydroxyl groups is 1. The van der Waals surface area contributed by atoms with E-state index < -0.39 is 29.6 Å². The van der Waals surface area contributed by atoms with Gasteiger partial charge in [0.05, 0.1) is 6.07 Å². The van der Waals surface area contributed by atoms with Gasteiger partial charge in [-0.3, -0.25) is 4.79 Å². The van der Waals surface area contributed by atoms with Gasteiger partial charge in [0.25, 0.3) is 0 Å². The first-order valence-electron chi connectivity index (χ1n) is 5.45. The maximum atomic E-state index is 11.8. The molecule has 2 unspecified atom stereocenters. The van der Waals surface area contributed by atoms with Gasteiger partial charge in [0.1, 0.15) is 5.54 Å². The number of amides is 1. The highest BCUT2D eigenvalue weighted by atomic mass is 16.7. The molecule has 1 saturated heterocycles. The average Bonchev–Trinajstić information content (AvgIpc) is 2.87. The number of nitrogens with one attached hydrogen (secondary N) is 2. The Morgan fingerprint density at radius 1 is 1.59 bits per heavy atom. The predicted octanol–water partition coefficient (Wildman–Crippen LogP) is -1.07. The molecule has 2 atom stereocenters. The third-order valence-electron chi connectivity index (χ3n) is 3.17. The van der Waals surface area contributed by atoms with Crippen LogP contribution in [0.1, 0.15) is 25.7 Å². The Balaban J connectivity index is 2.06. The summed E-state index contributed by atoms with van der Waals surface area (Å²) in [6, 6.07) is 2.08. The first-order valence-corrected chi connectivity index (χ1v) is 5.45. The number of nitriles is 1. The van der Waals surface area contributed by atoms with Crippen molar-refractivity contribution in [1.29, 1.82) is 5.26 Å². The van der Waals surface area contributed by atoms with Crippen LogP contribution in [0.2, 0.25) is 0 Å². The minimum atomic E-state index is -1.36. The third kappa shape index (κ3) is 2.09. The zero-order valence-corrected chi connectivity index (χ0v) is 9.10. The Bertz CT molecular complexity index is 384. The van der Waals surface area contributed by atoms with E-state index in [-0.39, 0.29) is 0 Å². The van der Waals surface area contributed by atoms with Crippen LogP contribution in [0.15, 0.2) is 0 Å². The molecule has 0 radical (unpaired) electrons. The molecule has 0 spiro atoms. The van der Waals surface area contributed by atoms with Crippen molar-refractivity contribution in [2.75, 3.05) is 0 Å². The van der Waals surface area contributed by atoms with Crippen LogP contribution < -0.4 is 10.8 Å². The Hall–Kier alpha value is -1.65. The summed E-state index contributed by atoms with van der Waals surface area (Å²) in [6.45, 7) is 0. The van der Waals surface area contributed by atoms with Gasteiger partial charge < -0.3 is 15.3 Å². The van der Waals surface area contributed by atoms with Crippen LogP contribution >= 0.6 is 0 Å². The molecule has 0 aromatic carbocycles. The lowest BCUT2D eigenvalue weighted by molar-refractivity contribution is -0.148. The second-order valence-corrected chi connectivity index (χ2v) is 4.35. The van der Waals surface area contributed by atoms with E-state index >= 15 is 0 Å². The molecule has 1 amide bonds. The van der Waals surface area contributed by atoms with E-state index in [1.54, 1.807) is 0 Å². The summed E-state index contributed by atoms with van der Waals surface area (Å²) in [5, 5.41) is 21.0. The predicted molar refractivity (Wildman–Crippen MR) is 53.7 cm³/mol. The summed E-state index contributed by atoms with van der Waals surface area (Å²) in [5.41, 5.74) is 1.11. The van der Waals surface area contributed by atoms with Crippen molar-refractivity contribution in [1.82, 2.24) is 10.8 Å². The van der Waals surface area contributed by atoms with Gasteiger partial charge >= 0.3 is 5.97 Å². The van der Waals surface area contributed by atoms with Crippen LogP contribution in [0.25, 0.3) is 0 Å². The SMILES string of the molecule is N#CC1(NC(=O)C2C(=O)ONC2O)CCCC1. The number of carbonyl (C=O) groups is 2. The molecule has 1 saturated carbocycles. The number of nitrogens with zero attached hydrogens (tertiary/aromatic N) is 1. The largest absolute Gasteiger partial charge is 0.374 e. The summed E-state index contributed by atoms with van der Waals surface area (Å²) in [6.07, 6.45) is 1.51. The molecule has 2 fully saturated rings. The molecule has 7 nitrogen and oxygen atoms in total. The molecule has 1 heterocycles. The van der Waals surface area contributed by atoms with Gasteiger partial charge in [-0.2, -0.15) is 5.26 Å². The lowest BCUT2D eigenvalue weighted by Gasteiger charge is -2.23. The standard InChI is InChI=1S/C10H13N3O4/c11-5-10(3-1-2-4-10)12-7(14)6-8(15)13-17-9(6)16/h6,8,13,15H,1-4H2,(H,12,14). The summed E-state index contributed by atoms with van der Waals surface area (Å²) >= 11 is 0. The minimum absolute atomic E-state index is 0.570. The lowest BCUT2D eigenvalue weighted by atomic mass is 9.97. The average molecular weight is 239 g/mol. The van der Waals surface area contributed by atoms with E-state index in [2.05, 4.69) is 16.2 Å². The number of hydrogen-bond donors (Lipinski definition) is 3. The smallest absolute Gasteiger partial charge is 0.341 e. The van der Waals surface area contributed by atoms with E-state index in [4.69, 9.17) is 5.26 Å². The first-order chi connectivity index (χ1) is 8.08. The van der Waals surface area contributed by atoms with Crippen LogP contribution in [-0.2, 0) is 14.4 Å². The maximum Gasteiger partial charge on any atom is 0.341 e. The fourth-order valence-electron chi connectivity index (χ4n) is 2.19. The Kier molecular flexibility index (Phi) is 3.00. The fourth-order valence-corrected chi connectivity index (χ4v) is 2.19. The number of rotatable bonds is 2. The summed E-state index contributed by atoms with van der Waals surface area (Å²) < 4.78 is 0. The topological polar surface area (TPSA) is 111 Å². The van der Waals surface area contributed by atoms with E-state index in [0.717, 1.165) is 12.8 Å². The molecule has 7 heteroatoms. The van der Waals surface area contributed by atoms with Gasteiger partial charge in [-0.25, -0.2) is 4.79 Å². The van der Waals surface area contributed by atoms with E-state index in [1.165, 1.54) is 0 Å². The van der Waals surface area contributed by atoms with Crippen LogP contribution in [0.4, 0.5) is 0 Å². The molecule has 2 aliphatic rings. The Labute approximate surface area is 97.7 Å². The Morgan fingerprint density at radius 3 is 2.71 bits per heavy atom. The minimum Gasteiger partial charge on any atom is -0.374 e. The highest BCUT2D eigenvalue weighted by Gasteiger charge is 2.45. The second-order valence-electron chi connectivity index (χ2n) is 4.35. The summed E-state index contributed by atoms with van der Waals surface area (Å²) in [4.78, 5) is 27.4. The highest BCUT2D eigenvalue weighted by Crippen LogP contribution is 2.29. The molecule has 0 aromatic heterocycles. The third-order valence-corrected chi connectivity index (χ3v) is 3.17. The zero-order valence-electron chi connectivity index (χ0n) is 9.10. The normalized spacial score (nSPS) is 30.7. The van der Waals surface area contributed by atoms with Crippen LogP contribution in [0, 0.1) is 17.2 Å². The maximum absolute atomic E-state index is 11.8. The summed E-state index contributed by atoms with van der Waals surface area (Å²) in [7, 11) is 0. The van der Waals surface area contributed by atoms with Crippen molar-refractivity contribution >= 4 is 11.9 Å². The van der Waals surface area contributed by atoms with Gasteiger partial charge in [-0.1, -0.05) is 0 Å². The molecule has 0 bridgehead atoms. The van der Waals surface area contributed by atoms with Crippen LogP contribution in [-0.4, -0.2) is 28.7 Å². The van der Waals surface area contributed by atoms with Crippen molar-refractivity contribution in [3.8, 4) is 6.07 Å². The van der Waals surface area contributed by atoms with E-state index in [1.807, 2.05) is 5.48 Å². The molecular weight excluding hydrogens is 226 g/mol. The van der Waals surface area contributed by atoms with E-state index in [9.17, 15) is 14.7 Å². The summed E-state index contributed by atoms with van der Waals surface area (Å²) in [5.74, 6) is -2.81. The van der Waals surface area contributed by atoms with Crippen molar-refractivity contribution in [3.05, 3.63) is 0 Å². The molecule has 1 aliphatic carbocycles. The van der Waals surface area contributed by atoms with Gasteiger partial charge in [0.15, 0.2) is 12.1 Å². The second kappa shape index (κ2) is 4.31. The van der Waals surface area contributed by atoms with Gasteiger partial charge in [0, 0.05) is 0 Å². The van der Waals surface area contributed by atoms with Gasteiger partial charge in [-0.05, 0) is 25.7 Å². The van der Waals surface area contributed by atoms with Crippen LogP contribution in [0.5, 0.6) is 0 Å². The molecule has 0 aromatic rings. The first kappa shape index (κ1) is 11.8. The molecule has 92 valence electrons. The highest BCUT2D eigenvalue weighted by molar-refractivity contribution is 5.99. The number of carbonyl (C=O) groups excluding carboxylic acids is 2. The van der Waals surface area contributed by atoms with Crippen molar-refractivity contribution in [2.45, 2.75) is 37.5 Å². The van der Waals surface area contributed by atoms with Crippen molar-refractivity contribution in [3.63, 3.8) is 0 Å². The molecule has 3 N–H and O–H groups in total. The molecular formula is C10H13N3O4. The molecule has 1 aliphatic heterocycles. The quantitative estimate of drug-likeness (QED) is 0.529. The van der Waals surface area contributed by atoms with Crippen LogP contribution in [0.3, 0.4) is 0 Å². The fraction of sp³-hybridized carbons (Fsp3) is 0.700. The number of aliphatic hydroxyl groups excluding tert-OH is 1. The van der Waals surface area contributed by atoms with E-state index in [0.29, 0.717) is 12.8 Å².